The van der Waals surface area contributed by atoms with Crippen LogP contribution in [0.15, 0.2) is 77.6 Å². The van der Waals surface area contributed by atoms with Crippen molar-refractivity contribution in [3.8, 4) is 0 Å². The minimum atomic E-state index is 0.873. The van der Waals surface area contributed by atoms with Crippen molar-refractivity contribution in [3.63, 3.8) is 0 Å². The van der Waals surface area contributed by atoms with Gasteiger partial charge in [0, 0.05) is 12.4 Å². The summed E-state index contributed by atoms with van der Waals surface area (Å²) in [5.41, 5.74) is 3.14. The second kappa shape index (κ2) is 21.8. The lowest BCUT2D eigenvalue weighted by molar-refractivity contribution is 0.886. The molecule has 0 radical (unpaired) electrons. The third-order valence-electron chi connectivity index (χ3n) is 3.33. The lowest BCUT2D eigenvalue weighted by atomic mass is 10.2. The number of unbranched alkanes of at least 4 members (excludes halogenated alkanes) is 2. The van der Waals surface area contributed by atoms with E-state index in [1.807, 2.05) is 56.4 Å². The van der Waals surface area contributed by atoms with Crippen LogP contribution in [-0.4, -0.2) is 10.7 Å². The summed E-state index contributed by atoms with van der Waals surface area (Å²) in [5.74, 6) is 0. The van der Waals surface area contributed by atoms with Gasteiger partial charge < -0.3 is 0 Å². The average Bonchev–Trinajstić information content (AvgIpc) is 2.71. The number of aliphatic imine (C=N–C) groups is 1. The van der Waals surface area contributed by atoms with Crippen molar-refractivity contribution in [2.75, 3.05) is 0 Å². The van der Waals surface area contributed by atoms with Gasteiger partial charge in [-0.2, -0.15) is 0 Å². The van der Waals surface area contributed by atoms with Crippen molar-refractivity contribution >= 4 is 5.71 Å². The summed E-state index contributed by atoms with van der Waals surface area (Å²) in [4.78, 5) is 8.71. The Hall–Kier alpha value is -2.22. The SMILES string of the molecule is CC=C(C)C.CCCC.C\C=C/C(=N/C=C/C=C/CCC)c1ccccn1. The fourth-order valence-corrected chi connectivity index (χ4v) is 1.38. The normalized spacial score (nSPS) is 11.1. The topological polar surface area (TPSA) is 25.2 Å². The van der Waals surface area contributed by atoms with Crippen molar-refractivity contribution in [1.82, 2.24) is 4.98 Å². The molecular formula is C25H40N2. The van der Waals surface area contributed by atoms with Crippen molar-refractivity contribution < 1.29 is 0 Å². The first-order valence-electron chi connectivity index (χ1n) is 10.1. The Morgan fingerprint density at radius 2 is 1.67 bits per heavy atom. The molecule has 2 nitrogen and oxygen atoms in total. The maximum absolute atomic E-state index is 4.42. The number of aromatic nitrogens is 1. The summed E-state index contributed by atoms with van der Waals surface area (Å²) < 4.78 is 0. The molecule has 2 heteroatoms. The van der Waals surface area contributed by atoms with Crippen LogP contribution in [0.2, 0.25) is 0 Å². The smallest absolute Gasteiger partial charge is 0.0885 e. The lowest BCUT2D eigenvalue weighted by Crippen LogP contribution is -1.98. The van der Waals surface area contributed by atoms with Crippen LogP contribution in [0.5, 0.6) is 0 Å². The molecule has 1 rings (SSSR count). The van der Waals surface area contributed by atoms with Crippen LogP contribution in [0.4, 0.5) is 0 Å². The van der Waals surface area contributed by atoms with Crippen molar-refractivity contribution in [2.24, 2.45) is 4.99 Å². The van der Waals surface area contributed by atoms with E-state index in [4.69, 9.17) is 0 Å². The maximum Gasteiger partial charge on any atom is 0.0885 e. The molecule has 150 valence electrons. The minimum Gasteiger partial charge on any atom is -0.255 e. The van der Waals surface area contributed by atoms with Gasteiger partial charge in [0.2, 0.25) is 0 Å². The summed E-state index contributed by atoms with van der Waals surface area (Å²) >= 11 is 0. The summed E-state index contributed by atoms with van der Waals surface area (Å²) in [6, 6.07) is 5.83. The minimum absolute atomic E-state index is 0.873. The van der Waals surface area contributed by atoms with Gasteiger partial charge in [-0.3, -0.25) is 9.98 Å². The second-order valence-corrected chi connectivity index (χ2v) is 6.15. The van der Waals surface area contributed by atoms with Gasteiger partial charge in [0.1, 0.15) is 0 Å². The highest BCUT2D eigenvalue weighted by molar-refractivity contribution is 6.07. The van der Waals surface area contributed by atoms with Gasteiger partial charge in [-0.25, -0.2) is 0 Å². The van der Waals surface area contributed by atoms with Crippen LogP contribution in [0, 0.1) is 0 Å². The molecule has 1 aromatic rings. The zero-order valence-corrected chi connectivity index (χ0v) is 18.6. The molecule has 0 fully saturated rings. The van der Waals surface area contributed by atoms with Crippen molar-refractivity contribution in [2.45, 2.75) is 74.1 Å². The van der Waals surface area contributed by atoms with Gasteiger partial charge in [0.05, 0.1) is 11.4 Å². The molecule has 0 aliphatic rings. The fraction of sp³-hybridized carbons (Fsp3) is 0.440. The predicted octanol–water partition coefficient (Wildman–Crippen LogP) is 8.10. The third kappa shape index (κ3) is 19.9. The van der Waals surface area contributed by atoms with E-state index < -0.39 is 0 Å². The molecule has 0 saturated heterocycles. The molecule has 1 aromatic heterocycles. The molecule has 0 aliphatic carbocycles. The van der Waals surface area contributed by atoms with Gasteiger partial charge in [0.15, 0.2) is 0 Å². The van der Waals surface area contributed by atoms with Gasteiger partial charge in [-0.15, -0.1) is 0 Å². The Morgan fingerprint density at radius 1 is 1.00 bits per heavy atom. The zero-order chi connectivity index (χ0) is 20.8. The summed E-state index contributed by atoms with van der Waals surface area (Å²) in [5, 5.41) is 0. The number of pyridine rings is 1. The van der Waals surface area contributed by atoms with Gasteiger partial charge in [-0.05, 0) is 58.4 Å². The van der Waals surface area contributed by atoms with E-state index >= 15 is 0 Å². The molecule has 0 aromatic carbocycles. The first-order chi connectivity index (χ1) is 13.1. The van der Waals surface area contributed by atoms with Crippen LogP contribution in [0.3, 0.4) is 0 Å². The Kier molecular flexibility index (Phi) is 21.8. The lowest BCUT2D eigenvalue weighted by Gasteiger charge is -1.97. The van der Waals surface area contributed by atoms with Crippen LogP contribution in [0.25, 0.3) is 0 Å². The fourth-order valence-electron chi connectivity index (χ4n) is 1.38. The number of allylic oxidation sites excluding steroid dienone is 7. The standard InChI is InChI=1S/C16H20N2.C5H10.C4H10/c1-3-5-6-7-9-13-17-15(11-4-2)16-12-8-10-14-18-16;1-4-5(2)3;1-3-4-2/h4,6-14H,3,5H2,1-2H3;4H,1-3H3;3-4H2,1-2H3/b7-6+,11-4-,13-9+,17-15-;;. The van der Waals surface area contributed by atoms with Crippen molar-refractivity contribution in [3.05, 3.63) is 78.3 Å². The maximum atomic E-state index is 4.42. The summed E-state index contributed by atoms with van der Waals surface area (Å²) in [6.07, 6.45) is 20.6. The highest BCUT2D eigenvalue weighted by Crippen LogP contribution is 2.00. The Bertz CT molecular complexity index is 570. The molecule has 1 heterocycles. The Morgan fingerprint density at radius 3 is 2.11 bits per heavy atom. The molecule has 0 spiro atoms. The Labute approximate surface area is 168 Å². The van der Waals surface area contributed by atoms with E-state index in [-0.39, 0.29) is 0 Å². The Balaban J connectivity index is 0. The molecule has 0 amide bonds. The molecule has 0 atom stereocenters. The van der Waals surface area contributed by atoms with Gasteiger partial charge >= 0.3 is 0 Å². The summed E-state index contributed by atoms with van der Waals surface area (Å²) in [6.45, 7) is 14.7. The van der Waals surface area contributed by atoms with Gasteiger partial charge in [-0.1, -0.05) is 76.0 Å². The summed E-state index contributed by atoms with van der Waals surface area (Å²) in [7, 11) is 0. The van der Waals surface area contributed by atoms with Gasteiger partial charge in [0.25, 0.3) is 0 Å². The van der Waals surface area contributed by atoms with E-state index in [2.05, 4.69) is 56.7 Å². The van der Waals surface area contributed by atoms with Crippen LogP contribution < -0.4 is 0 Å². The monoisotopic (exact) mass is 368 g/mol. The van der Waals surface area contributed by atoms with Crippen molar-refractivity contribution in [1.29, 1.82) is 0 Å². The number of hydrogen-bond acceptors (Lipinski definition) is 2. The molecular weight excluding hydrogens is 328 g/mol. The molecule has 0 bridgehead atoms. The largest absolute Gasteiger partial charge is 0.255 e. The highest BCUT2D eigenvalue weighted by Gasteiger charge is 1.97. The average molecular weight is 369 g/mol. The number of nitrogens with zero attached hydrogens (tertiary/aromatic N) is 2. The molecule has 0 N–H and O–H groups in total. The van der Waals surface area contributed by atoms with E-state index in [1.54, 1.807) is 12.4 Å². The first kappa shape index (κ1) is 27.0. The molecule has 27 heavy (non-hydrogen) atoms. The molecule has 0 unspecified atom stereocenters. The van der Waals surface area contributed by atoms with Crippen LogP contribution in [0.1, 0.15) is 79.8 Å². The quantitative estimate of drug-likeness (QED) is 0.271. The molecule has 0 saturated carbocycles. The van der Waals surface area contributed by atoms with E-state index in [0.29, 0.717) is 0 Å². The predicted molar refractivity (Wildman–Crippen MR) is 124 cm³/mol. The number of rotatable bonds is 7. The van der Waals surface area contributed by atoms with E-state index in [9.17, 15) is 0 Å². The van der Waals surface area contributed by atoms with Crippen LogP contribution in [-0.2, 0) is 0 Å². The number of hydrogen-bond donors (Lipinski definition) is 0. The van der Waals surface area contributed by atoms with E-state index in [1.165, 1.54) is 24.8 Å². The zero-order valence-electron chi connectivity index (χ0n) is 18.6. The van der Waals surface area contributed by atoms with Crippen LogP contribution >= 0.6 is 0 Å². The molecule has 0 aliphatic heterocycles. The third-order valence-corrected chi connectivity index (χ3v) is 3.33. The second-order valence-electron chi connectivity index (χ2n) is 6.15. The highest BCUT2D eigenvalue weighted by atomic mass is 14.8. The first-order valence-corrected chi connectivity index (χ1v) is 10.1. The van der Waals surface area contributed by atoms with E-state index in [0.717, 1.165) is 17.8 Å².